The first kappa shape index (κ1) is 35.2. The van der Waals surface area contributed by atoms with Crippen molar-refractivity contribution in [3.8, 4) is 0 Å². The first-order valence-corrected chi connectivity index (χ1v) is 0. The van der Waals surface area contributed by atoms with E-state index in [2.05, 4.69) is 0 Å². The molecule has 0 bridgehead atoms. The molecular weight excluding hydrogens is 94.3 g/mol. The Labute approximate surface area is 71.7 Å². The molecule has 1 nitrogen and oxygen atoms in total. The van der Waals surface area contributed by atoms with Crippen LogP contribution in [0.4, 0.5) is 0 Å². The summed E-state index contributed by atoms with van der Waals surface area (Å²) in [7, 11) is 0. The third-order valence-corrected chi connectivity index (χ3v) is 0. The van der Waals surface area contributed by atoms with E-state index in [0.717, 1.165) is 0 Å². The molecule has 0 amide bonds. The molecule has 1 unspecified atom stereocenters. The van der Waals surface area contributed by atoms with E-state index in [-0.39, 0.29) is 72.3 Å². The van der Waals surface area contributed by atoms with E-state index in [4.69, 9.17) is 0 Å². The molecule has 0 fully saturated rings. The van der Waals surface area contributed by atoms with Crippen LogP contribution in [0, 0.1) is 0 Å². The van der Waals surface area contributed by atoms with Gasteiger partial charge in [-0.15, -0.1) is 0 Å². The van der Waals surface area contributed by atoms with Crippen LogP contribution in [-0.4, -0.2) is 28.5 Å². The number of rotatable bonds is 0. The molecule has 0 saturated heterocycles. The Kier molecular flexibility index (Phi) is 169. The second kappa shape index (κ2) is 19.2. The van der Waals surface area contributed by atoms with Crippen molar-refractivity contribution in [1.29, 1.82) is 0 Å². The summed E-state index contributed by atoms with van der Waals surface area (Å²) in [4.78, 5) is 0. The van der Waals surface area contributed by atoms with E-state index in [9.17, 15) is 0 Å². The molecular formula is H8MgNaOP. The Morgan fingerprint density at radius 3 is 1.25 bits per heavy atom. The molecule has 1 atom stereocenters. The molecule has 0 rings (SSSR count). The van der Waals surface area contributed by atoms with Gasteiger partial charge in [0.2, 0.25) is 0 Å². The SMILES string of the molecule is O.P.[H-].[H-].[H-].[Mg+2].[Na+]. The van der Waals surface area contributed by atoms with Gasteiger partial charge in [-0.25, -0.2) is 0 Å². The Morgan fingerprint density at radius 1 is 1.25 bits per heavy atom. The molecule has 0 radical (unpaired) electrons. The molecule has 2 N–H and O–H groups in total. The molecule has 0 aromatic rings. The molecule has 4 heavy (non-hydrogen) atoms. The summed E-state index contributed by atoms with van der Waals surface area (Å²) in [5.41, 5.74) is 0. The third kappa shape index (κ3) is 8.91. The molecule has 0 aliphatic rings. The number of hydrogen-bond donors (Lipinski definition) is 0. The summed E-state index contributed by atoms with van der Waals surface area (Å²) in [6.45, 7) is 0. The molecule has 0 heterocycles. The molecule has 0 aliphatic carbocycles. The van der Waals surface area contributed by atoms with E-state index in [1.807, 2.05) is 0 Å². The summed E-state index contributed by atoms with van der Waals surface area (Å²) >= 11 is 0. The fourth-order valence-electron chi connectivity index (χ4n) is 0. The van der Waals surface area contributed by atoms with Crippen LogP contribution in [-0.2, 0) is 0 Å². The molecule has 0 saturated carbocycles. The van der Waals surface area contributed by atoms with Gasteiger partial charge in [-0.2, -0.15) is 9.90 Å². The topological polar surface area (TPSA) is 31.5 Å². The predicted molar refractivity (Wildman–Crippen MR) is 23.8 cm³/mol. The third-order valence-electron chi connectivity index (χ3n) is 0. The molecule has 0 aromatic heterocycles. The average molecular weight is 102 g/mol. The van der Waals surface area contributed by atoms with Crippen molar-refractivity contribution in [2.75, 3.05) is 0 Å². The Bertz CT molecular complexity index is 14.9. The van der Waals surface area contributed by atoms with Gasteiger partial charge in [-0.05, 0) is 0 Å². The quantitative estimate of drug-likeness (QED) is 0.222. The summed E-state index contributed by atoms with van der Waals surface area (Å²) in [6, 6.07) is 0. The van der Waals surface area contributed by atoms with Gasteiger partial charge in [0, 0.05) is 0 Å². The van der Waals surface area contributed by atoms with E-state index >= 15 is 0 Å². The smallest absolute Gasteiger partial charge is 1.00 e. The first-order valence-electron chi connectivity index (χ1n) is 0. The zero-order chi connectivity index (χ0) is 0. The molecule has 4 heteroatoms. The van der Waals surface area contributed by atoms with Crippen molar-refractivity contribution < 1.29 is 39.3 Å². The van der Waals surface area contributed by atoms with Crippen molar-refractivity contribution in [2.24, 2.45) is 0 Å². The standard InChI is InChI=1S/Mg.Na.H2O.H3P.3H/h;;1H2;1H3;;;/q+2;+1;;;3*-1. The summed E-state index contributed by atoms with van der Waals surface area (Å²) < 4.78 is 0. The fourth-order valence-corrected chi connectivity index (χ4v) is 0. The summed E-state index contributed by atoms with van der Waals surface area (Å²) in [6.07, 6.45) is 0. The maximum Gasteiger partial charge on any atom is 2.00 e. The minimum atomic E-state index is 0. The normalized spacial score (nSPS) is 0. The van der Waals surface area contributed by atoms with Crippen LogP contribution < -0.4 is 29.6 Å². The first-order chi connectivity index (χ1) is 0. The summed E-state index contributed by atoms with van der Waals surface area (Å²) in [5, 5.41) is 0. The van der Waals surface area contributed by atoms with Crippen molar-refractivity contribution in [2.45, 2.75) is 0 Å². The van der Waals surface area contributed by atoms with Crippen molar-refractivity contribution >= 4 is 33.0 Å². The van der Waals surface area contributed by atoms with E-state index in [1.165, 1.54) is 0 Å². The van der Waals surface area contributed by atoms with Gasteiger partial charge in [0.15, 0.2) is 0 Å². The van der Waals surface area contributed by atoms with Gasteiger partial charge >= 0.3 is 52.6 Å². The molecule has 0 aromatic carbocycles. The molecule has 0 aliphatic heterocycles. The van der Waals surface area contributed by atoms with Gasteiger partial charge < -0.3 is 9.76 Å². The Morgan fingerprint density at radius 2 is 1.25 bits per heavy atom. The molecule has 0 spiro atoms. The van der Waals surface area contributed by atoms with Crippen LogP contribution in [0.2, 0.25) is 0 Å². The van der Waals surface area contributed by atoms with Crippen molar-refractivity contribution in [3.05, 3.63) is 0 Å². The second-order valence-electron chi connectivity index (χ2n) is 0. The van der Waals surface area contributed by atoms with Gasteiger partial charge in [-0.1, -0.05) is 0 Å². The van der Waals surface area contributed by atoms with Crippen LogP contribution in [0.1, 0.15) is 4.28 Å². The van der Waals surface area contributed by atoms with Gasteiger partial charge in [0.05, 0.1) is 0 Å². The second-order valence-corrected chi connectivity index (χ2v) is 0. The van der Waals surface area contributed by atoms with Crippen LogP contribution in [0.15, 0.2) is 0 Å². The van der Waals surface area contributed by atoms with Crippen molar-refractivity contribution in [1.82, 2.24) is 0 Å². The van der Waals surface area contributed by atoms with Crippen LogP contribution in [0.3, 0.4) is 0 Å². The zero-order valence-electron chi connectivity index (χ0n) is 5.91. The minimum absolute atomic E-state index is 0. The van der Waals surface area contributed by atoms with E-state index in [1.54, 1.807) is 0 Å². The summed E-state index contributed by atoms with van der Waals surface area (Å²) in [5.74, 6) is 0. The average Bonchev–Trinajstić information content (AvgIpc) is 0. The zero-order valence-corrected chi connectivity index (χ0v) is 7.74. The van der Waals surface area contributed by atoms with Crippen LogP contribution in [0.5, 0.6) is 0 Å². The van der Waals surface area contributed by atoms with E-state index < -0.39 is 0 Å². The van der Waals surface area contributed by atoms with E-state index in [0.29, 0.717) is 0 Å². The van der Waals surface area contributed by atoms with Gasteiger partial charge in [-0.3, -0.25) is 0 Å². The van der Waals surface area contributed by atoms with Crippen LogP contribution in [0.25, 0.3) is 0 Å². The fraction of sp³-hybridized carbons (Fsp3) is 0. The Hall–Kier alpha value is 2.16. The largest absolute Gasteiger partial charge is 2.00 e. The maximum atomic E-state index is 0. The maximum absolute atomic E-state index is 0. The number of hydrogen-bond acceptors (Lipinski definition) is 0. The van der Waals surface area contributed by atoms with Crippen LogP contribution >= 0.6 is 9.90 Å². The predicted octanol–water partition coefficient (Wildman–Crippen LogP) is -3.81. The molecule has 22 valence electrons. The Balaban J connectivity index is 0. The minimum Gasteiger partial charge on any atom is -1.00 e. The van der Waals surface area contributed by atoms with Gasteiger partial charge in [0.1, 0.15) is 0 Å². The van der Waals surface area contributed by atoms with Crippen molar-refractivity contribution in [3.63, 3.8) is 0 Å². The monoisotopic (exact) mass is 102 g/mol. The van der Waals surface area contributed by atoms with Gasteiger partial charge in [0.25, 0.3) is 0 Å².